The second kappa shape index (κ2) is 7.74. The number of nitrogens with zero attached hydrogens (tertiary/aromatic N) is 4. The van der Waals surface area contributed by atoms with E-state index < -0.39 is 5.66 Å². The zero-order valence-electron chi connectivity index (χ0n) is 16.6. The van der Waals surface area contributed by atoms with Gasteiger partial charge in [-0.05, 0) is 49.2 Å². The molecular formula is C20H22Cl2N8O. The average molecular weight is 461 g/mol. The standard InChI is InChI=1S/C20H22Cl2N8O/c21-13-6-5-12(15(22)9-13)11-29-7-1-3-14(29)10-20(16-4-2-8-31-16)27-19-26-17(23)25-18(24)30(19)28-20/h2,4-6,8-9,14,28H,1,3,7,10-11H2,(H4,23,24,25,26,27). The maximum Gasteiger partial charge on any atom is 0.247 e. The number of nitrogen functional groups attached to an aromatic ring is 1. The molecule has 5 rings (SSSR count). The topological polar surface area (TPSA) is 121 Å². The number of aromatic nitrogens is 3. The quantitative estimate of drug-likeness (QED) is 0.461. The SMILES string of the molecule is N=c1nc(N)nc2n1NC(CC1CCCN1Cc1ccc(Cl)cc1Cl)(c1ccco1)N2. The molecule has 11 heteroatoms. The van der Waals surface area contributed by atoms with E-state index in [1.165, 1.54) is 4.68 Å². The number of rotatable bonds is 5. The number of fused-ring (bicyclic) bond motifs is 1. The van der Waals surface area contributed by atoms with Crippen molar-refractivity contribution in [2.24, 2.45) is 0 Å². The van der Waals surface area contributed by atoms with Crippen LogP contribution in [0.25, 0.3) is 0 Å². The Balaban J connectivity index is 1.44. The summed E-state index contributed by atoms with van der Waals surface area (Å²) in [5.41, 5.74) is 9.34. The van der Waals surface area contributed by atoms with Gasteiger partial charge < -0.3 is 15.5 Å². The number of nitrogens with two attached hydrogens (primary N) is 1. The van der Waals surface area contributed by atoms with Crippen LogP contribution in [0.15, 0.2) is 41.0 Å². The molecule has 1 aromatic carbocycles. The van der Waals surface area contributed by atoms with E-state index in [0.717, 1.165) is 31.5 Å². The van der Waals surface area contributed by atoms with Crippen LogP contribution in [0.3, 0.4) is 0 Å². The van der Waals surface area contributed by atoms with E-state index in [9.17, 15) is 0 Å². The van der Waals surface area contributed by atoms with Crippen LogP contribution in [0, 0.1) is 5.41 Å². The van der Waals surface area contributed by atoms with Gasteiger partial charge >= 0.3 is 0 Å². The molecule has 2 aliphatic heterocycles. The van der Waals surface area contributed by atoms with Crippen LogP contribution in [-0.4, -0.2) is 32.1 Å². The number of anilines is 2. The predicted octanol–water partition coefficient (Wildman–Crippen LogP) is 3.12. The Labute approximate surface area is 188 Å². The zero-order valence-corrected chi connectivity index (χ0v) is 18.1. The van der Waals surface area contributed by atoms with Crippen LogP contribution < -0.4 is 22.1 Å². The van der Waals surface area contributed by atoms with E-state index >= 15 is 0 Å². The van der Waals surface area contributed by atoms with Crippen LogP contribution >= 0.6 is 23.2 Å². The molecule has 0 aliphatic carbocycles. The van der Waals surface area contributed by atoms with Gasteiger partial charge in [-0.25, -0.2) is 0 Å². The van der Waals surface area contributed by atoms with Gasteiger partial charge in [0.1, 0.15) is 0 Å². The van der Waals surface area contributed by atoms with Gasteiger partial charge in [0.05, 0.1) is 6.26 Å². The van der Waals surface area contributed by atoms with E-state index in [1.54, 1.807) is 12.3 Å². The Morgan fingerprint density at radius 1 is 1.29 bits per heavy atom. The molecule has 31 heavy (non-hydrogen) atoms. The number of likely N-dealkylation sites (tertiary alicyclic amines) is 1. The lowest BCUT2D eigenvalue weighted by atomic mass is 9.96. The summed E-state index contributed by atoms with van der Waals surface area (Å²) >= 11 is 12.5. The van der Waals surface area contributed by atoms with Crippen molar-refractivity contribution in [1.82, 2.24) is 19.5 Å². The van der Waals surface area contributed by atoms with Crippen molar-refractivity contribution in [3.8, 4) is 0 Å². The highest BCUT2D eigenvalue weighted by Crippen LogP contribution is 2.38. The van der Waals surface area contributed by atoms with Gasteiger partial charge in [-0.1, -0.05) is 29.3 Å². The van der Waals surface area contributed by atoms with E-state index in [1.807, 2.05) is 24.3 Å². The van der Waals surface area contributed by atoms with Crippen molar-refractivity contribution in [2.45, 2.75) is 37.5 Å². The largest absolute Gasteiger partial charge is 0.465 e. The number of furan rings is 1. The van der Waals surface area contributed by atoms with Crippen LogP contribution in [0.2, 0.25) is 10.0 Å². The summed E-state index contributed by atoms with van der Waals surface area (Å²) in [6.45, 7) is 1.69. The Bertz CT molecular complexity index is 1160. The molecule has 9 nitrogen and oxygen atoms in total. The first-order chi connectivity index (χ1) is 14.9. The lowest BCUT2D eigenvalue weighted by Crippen LogP contribution is -2.47. The molecule has 1 fully saturated rings. The molecule has 0 amide bonds. The summed E-state index contributed by atoms with van der Waals surface area (Å²) < 4.78 is 7.28. The number of hydrogen-bond donors (Lipinski definition) is 4. The first kappa shape index (κ1) is 20.2. The summed E-state index contributed by atoms with van der Waals surface area (Å²) in [6.07, 6.45) is 4.42. The van der Waals surface area contributed by atoms with Crippen molar-refractivity contribution in [3.63, 3.8) is 0 Å². The Morgan fingerprint density at radius 3 is 2.94 bits per heavy atom. The molecule has 4 heterocycles. The average Bonchev–Trinajstić information content (AvgIpc) is 3.45. The second-order valence-corrected chi connectivity index (χ2v) is 8.73. The summed E-state index contributed by atoms with van der Waals surface area (Å²) in [6, 6.07) is 9.61. The van der Waals surface area contributed by atoms with Crippen LogP contribution in [0.4, 0.5) is 11.9 Å². The van der Waals surface area contributed by atoms with E-state index in [4.69, 9.17) is 38.8 Å². The van der Waals surface area contributed by atoms with Crippen molar-refractivity contribution >= 4 is 35.1 Å². The maximum atomic E-state index is 8.17. The summed E-state index contributed by atoms with van der Waals surface area (Å²) in [5, 5.41) is 12.9. The molecule has 0 saturated carbocycles. The fourth-order valence-corrected chi connectivity index (χ4v) is 4.90. The molecule has 2 unspecified atom stereocenters. The number of hydrogen-bond acceptors (Lipinski definition) is 8. The Kier molecular flexibility index (Phi) is 5.04. The minimum atomic E-state index is -0.786. The molecule has 3 aromatic rings. The smallest absolute Gasteiger partial charge is 0.247 e. The molecule has 5 N–H and O–H groups in total. The second-order valence-electron chi connectivity index (χ2n) is 7.89. The minimum absolute atomic E-state index is 0.0281. The Hall–Kier alpha value is -2.75. The molecule has 0 spiro atoms. The molecular weight excluding hydrogens is 439 g/mol. The van der Waals surface area contributed by atoms with Gasteiger partial charge in [0.25, 0.3) is 0 Å². The van der Waals surface area contributed by atoms with Crippen LogP contribution in [-0.2, 0) is 12.2 Å². The summed E-state index contributed by atoms with van der Waals surface area (Å²) in [4.78, 5) is 10.6. The first-order valence-corrected chi connectivity index (χ1v) is 10.8. The third kappa shape index (κ3) is 3.73. The molecule has 2 aromatic heterocycles. The Morgan fingerprint density at radius 2 is 2.16 bits per heavy atom. The van der Waals surface area contributed by atoms with Gasteiger partial charge in [0.2, 0.25) is 17.5 Å². The van der Waals surface area contributed by atoms with E-state index in [2.05, 4.69) is 25.6 Å². The van der Waals surface area contributed by atoms with Gasteiger partial charge in [0, 0.05) is 29.1 Å². The van der Waals surface area contributed by atoms with E-state index in [-0.39, 0.29) is 17.6 Å². The highest BCUT2D eigenvalue weighted by molar-refractivity contribution is 6.35. The number of nitrogens with one attached hydrogen (secondary N) is 3. The van der Waals surface area contributed by atoms with Crippen molar-refractivity contribution in [2.75, 3.05) is 23.0 Å². The van der Waals surface area contributed by atoms with Gasteiger partial charge in [-0.15, -0.1) is 0 Å². The molecule has 0 bridgehead atoms. The van der Waals surface area contributed by atoms with Crippen LogP contribution in [0.1, 0.15) is 30.6 Å². The van der Waals surface area contributed by atoms with E-state index in [0.29, 0.717) is 28.2 Å². The van der Waals surface area contributed by atoms with Gasteiger partial charge in [-0.2, -0.15) is 14.6 Å². The highest BCUT2D eigenvalue weighted by atomic mass is 35.5. The fourth-order valence-electron chi connectivity index (χ4n) is 4.43. The normalized spacial score (nSPS) is 22.8. The van der Waals surface area contributed by atoms with Crippen molar-refractivity contribution in [3.05, 3.63) is 63.6 Å². The van der Waals surface area contributed by atoms with Gasteiger partial charge in [0.15, 0.2) is 11.4 Å². The number of benzene rings is 1. The summed E-state index contributed by atoms with van der Waals surface area (Å²) in [5.74, 6) is 1.17. The van der Waals surface area contributed by atoms with Crippen molar-refractivity contribution in [1.29, 1.82) is 5.41 Å². The first-order valence-electron chi connectivity index (χ1n) is 10.0. The zero-order chi connectivity index (χ0) is 21.6. The van der Waals surface area contributed by atoms with Crippen LogP contribution in [0.5, 0.6) is 0 Å². The maximum absolute atomic E-state index is 8.17. The fraction of sp³-hybridized carbons (Fsp3) is 0.350. The molecule has 162 valence electrons. The predicted molar refractivity (Wildman–Crippen MR) is 118 cm³/mol. The third-order valence-electron chi connectivity index (χ3n) is 5.86. The molecule has 2 aliphatic rings. The number of halogens is 2. The lowest BCUT2D eigenvalue weighted by Gasteiger charge is -2.34. The van der Waals surface area contributed by atoms with Gasteiger partial charge in [-0.3, -0.25) is 15.7 Å². The highest BCUT2D eigenvalue weighted by Gasteiger charge is 2.45. The summed E-state index contributed by atoms with van der Waals surface area (Å²) in [7, 11) is 0. The van der Waals surface area contributed by atoms with Crippen molar-refractivity contribution < 1.29 is 4.42 Å². The molecule has 2 atom stereocenters. The minimum Gasteiger partial charge on any atom is -0.465 e. The monoisotopic (exact) mass is 460 g/mol. The lowest BCUT2D eigenvalue weighted by molar-refractivity contribution is 0.200. The molecule has 1 saturated heterocycles. The molecule has 0 radical (unpaired) electrons. The third-order valence-corrected chi connectivity index (χ3v) is 6.45.